The van der Waals surface area contributed by atoms with E-state index in [2.05, 4.69) is 0 Å². The Morgan fingerprint density at radius 3 is 2.19 bits per heavy atom. The summed E-state index contributed by atoms with van der Waals surface area (Å²) in [5.74, 6) is -0.226. The van der Waals surface area contributed by atoms with Gasteiger partial charge in [-0.25, -0.2) is 0 Å². The van der Waals surface area contributed by atoms with Crippen LogP contribution in [0.4, 0.5) is 5.69 Å². The highest BCUT2D eigenvalue weighted by molar-refractivity contribution is 5.85. The van der Waals surface area contributed by atoms with Crippen LogP contribution in [0.2, 0.25) is 0 Å². The topological polar surface area (TPSA) is 89.5 Å². The van der Waals surface area contributed by atoms with Gasteiger partial charge in [0.2, 0.25) is 5.91 Å². The van der Waals surface area contributed by atoms with Gasteiger partial charge in [-0.1, -0.05) is 19.1 Å². The summed E-state index contributed by atoms with van der Waals surface area (Å²) < 4.78 is 0. The first-order valence-corrected chi connectivity index (χ1v) is 6.60. The van der Waals surface area contributed by atoms with Crippen molar-refractivity contribution < 1.29 is 9.72 Å². The molecule has 1 rings (SSSR count). The van der Waals surface area contributed by atoms with E-state index < -0.39 is 4.92 Å². The molecular formula is C14H22ClN3O3. The first-order valence-electron chi connectivity index (χ1n) is 6.60. The molecule has 0 heterocycles. The van der Waals surface area contributed by atoms with Crippen LogP contribution in [0.25, 0.3) is 0 Å². The molecule has 0 aliphatic heterocycles. The third-order valence-electron chi connectivity index (χ3n) is 3.18. The number of nitro groups is 1. The number of amides is 1. The zero-order valence-corrected chi connectivity index (χ0v) is 13.3. The maximum Gasteiger partial charge on any atom is 0.269 e. The number of hydrogen-bond acceptors (Lipinski definition) is 4. The third-order valence-corrected chi connectivity index (χ3v) is 3.18. The lowest BCUT2D eigenvalue weighted by Gasteiger charge is -2.29. The molecule has 0 radical (unpaired) electrons. The number of nitrogens with two attached hydrogens (primary N) is 1. The summed E-state index contributed by atoms with van der Waals surface area (Å²) >= 11 is 0. The number of non-ortho nitro benzene ring substituents is 1. The molecule has 0 saturated heterocycles. The van der Waals surface area contributed by atoms with Crippen LogP contribution in [0.15, 0.2) is 24.3 Å². The minimum atomic E-state index is -0.439. The van der Waals surface area contributed by atoms with Gasteiger partial charge >= 0.3 is 0 Å². The van der Waals surface area contributed by atoms with Gasteiger partial charge in [0, 0.05) is 37.2 Å². The fraction of sp³-hybridized carbons (Fsp3) is 0.500. The first kappa shape index (κ1) is 19.3. The van der Waals surface area contributed by atoms with Gasteiger partial charge in [0.25, 0.3) is 5.69 Å². The quantitative estimate of drug-likeness (QED) is 0.644. The maximum absolute atomic E-state index is 12.2. The van der Waals surface area contributed by atoms with Crippen LogP contribution in [0.5, 0.6) is 0 Å². The third kappa shape index (κ3) is 5.32. The van der Waals surface area contributed by atoms with E-state index >= 15 is 0 Å². The van der Waals surface area contributed by atoms with Crippen LogP contribution in [0, 0.1) is 16.0 Å². The predicted octanol–water partition coefficient (Wildman–Crippen LogP) is 2.35. The molecule has 0 bridgehead atoms. The molecule has 1 aromatic carbocycles. The Kier molecular flexibility index (Phi) is 7.91. The van der Waals surface area contributed by atoms with E-state index in [9.17, 15) is 14.9 Å². The highest BCUT2D eigenvalue weighted by Gasteiger charge is 2.22. The summed E-state index contributed by atoms with van der Waals surface area (Å²) in [5, 5.41) is 10.6. The number of nitrogens with zero attached hydrogens (tertiary/aromatic N) is 2. The van der Waals surface area contributed by atoms with E-state index in [1.165, 1.54) is 12.1 Å². The molecule has 0 spiro atoms. The molecule has 118 valence electrons. The Hall–Kier alpha value is -1.66. The molecular weight excluding hydrogens is 294 g/mol. The van der Waals surface area contributed by atoms with Crippen molar-refractivity contribution in [3.8, 4) is 0 Å². The van der Waals surface area contributed by atoms with Crippen LogP contribution in [0.3, 0.4) is 0 Å². The van der Waals surface area contributed by atoms with E-state index in [1.807, 2.05) is 13.8 Å². The molecule has 6 nitrogen and oxygen atoms in total. The van der Waals surface area contributed by atoms with Gasteiger partial charge in [-0.05, 0) is 19.4 Å². The second kappa shape index (κ2) is 8.59. The lowest BCUT2D eigenvalue weighted by atomic mass is 10.1. The van der Waals surface area contributed by atoms with E-state index in [0.717, 1.165) is 5.56 Å². The van der Waals surface area contributed by atoms with Crippen LogP contribution in [-0.2, 0) is 11.3 Å². The van der Waals surface area contributed by atoms with Gasteiger partial charge in [-0.2, -0.15) is 0 Å². The molecule has 7 heteroatoms. The van der Waals surface area contributed by atoms with Gasteiger partial charge in [-0.3, -0.25) is 14.9 Å². The second-order valence-electron chi connectivity index (χ2n) is 5.12. The van der Waals surface area contributed by atoms with Gasteiger partial charge in [0.15, 0.2) is 0 Å². The number of carbonyl (C=O) groups excluding carboxylic acids is 1. The minimum absolute atomic E-state index is 0. The lowest BCUT2D eigenvalue weighted by molar-refractivity contribution is -0.384. The van der Waals surface area contributed by atoms with Gasteiger partial charge in [0.05, 0.1) is 4.92 Å². The van der Waals surface area contributed by atoms with Crippen LogP contribution in [0.1, 0.15) is 26.3 Å². The smallest absolute Gasteiger partial charge is 0.269 e. The van der Waals surface area contributed by atoms with Crippen molar-refractivity contribution in [2.45, 2.75) is 33.4 Å². The monoisotopic (exact) mass is 315 g/mol. The fourth-order valence-electron chi connectivity index (χ4n) is 1.82. The molecule has 2 N–H and O–H groups in total. The molecule has 1 atom stereocenters. The number of benzene rings is 1. The SMILES string of the molecule is CC(CN)C(=O)N(Cc1ccc([N+](=O)[O-])cc1)C(C)C.Cl. The molecule has 0 fully saturated rings. The van der Waals surface area contributed by atoms with Crippen LogP contribution < -0.4 is 5.73 Å². The minimum Gasteiger partial charge on any atom is -0.336 e. The molecule has 1 aromatic rings. The molecule has 0 saturated carbocycles. The normalized spacial score (nSPS) is 11.7. The van der Waals surface area contributed by atoms with Crippen molar-refractivity contribution in [1.82, 2.24) is 4.90 Å². The highest BCUT2D eigenvalue weighted by atomic mass is 35.5. The Morgan fingerprint density at radius 1 is 1.29 bits per heavy atom. The summed E-state index contributed by atoms with van der Waals surface area (Å²) in [6, 6.07) is 6.30. The van der Waals surface area contributed by atoms with Gasteiger partial charge < -0.3 is 10.6 Å². The summed E-state index contributed by atoms with van der Waals surface area (Å²) in [4.78, 5) is 24.1. The van der Waals surface area contributed by atoms with Crippen molar-refractivity contribution in [1.29, 1.82) is 0 Å². The molecule has 0 aliphatic rings. The Labute approximate surface area is 130 Å². The van der Waals surface area contributed by atoms with Crippen molar-refractivity contribution >= 4 is 24.0 Å². The zero-order valence-electron chi connectivity index (χ0n) is 12.5. The van der Waals surface area contributed by atoms with E-state index in [1.54, 1.807) is 24.0 Å². The standard InChI is InChI=1S/C14H21N3O3.ClH/c1-10(2)16(14(18)11(3)8-15)9-12-4-6-13(7-5-12)17(19)20;/h4-7,10-11H,8-9,15H2,1-3H3;1H. The molecule has 1 amide bonds. The van der Waals surface area contributed by atoms with Crippen molar-refractivity contribution in [2.24, 2.45) is 11.7 Å². The first-order chi connectivity index (χ1) is 9.36. The van der Waals surface area contributed by atoms with Crippen molar-refractivity contribution in [3.05, 3.63) is 39.9 Å². The summed E-state index contributed by atoms with van der Waals surface area (Å²) in [7, 11) is 0. The van der Waals surface area contributed by atoms with Crippen molar-refractivity contribution in [3.63, 3.8) is 0 Å². The summed E-state index contributed by atoms with van der Waals surface area (Å²) in [6.07, 6.45) is 0. The summed E-state index contributed by atoms with van der Waals surface area (Å²) in [5.41, 5.74) is 6.45. The van der Waals surface area contributed by atoms with Crippen molar-refractivity contribution in [2.75, 3.05) is 6.54 Å². The van der Waals surface area contributed by atoms with Crippen LogP contribution >= 0.6 is 12.4 Å². The van der Waals surface area contributed by atoms with Gasteiger partial charge in [0.1, 0.15) is 0 Å². The number of carbonyl (C=O) groups is 1. The number of hydrogen-bond donors (Lipinski definition) is 1. The number of nitro benzene ring substituents is 1. The Bertz CT molecular complexity index is 477. The highest BCUT2D eigenvalue weighted by Crippen LogP contribution is 2.16. The lowest BCUT2D eigenvalue weighted by Crippen LogP contribution is -2.41. The van der Waals surface area contributed by atoms with E-state index in [4.69, 9.17) is 5.73 Å². The van der Waals surface area contributed by atoms with E-state index in [0.29, 0.717) is 13.1 Å². The van der Waals surface area contributed by atoms with Crippen LogP contribution in [-0.4, -0.2) is 28.3 Å². The molecule has 0 aromatic heterocycles. The fourth-order valence-corrected chi connectivity index (χ4v) is 1.82. The van der Waals surface area contributed by atoms with E-state index in [-0.39, 0.29) is 36.0 Å². The molecule has 0 aliphatic carbocycles. The number of halogens is 1. The molecule has 1 unspecified atom stereocenters. The zero-order chi connectivity index (χ0) is 15.3. The molecule has 21 heavy (non-hydrogen) atoms. The average Bonchev–Trinajstić information content (AvgIpc) is 2.43. The predicted molar refractivity (Wildman–Crippen MR) is 84.2 cm³/mol. The number of rotatable bonds is 6. The Balaban J connectivity index is 0.00000400. The average molecular weight is 316 g/mol. The van der Waals surface area contributed by atoms with Gasteiger partial charge in [-0.15, -0.1) is 12.4 Å². The Morgan fingerprint density at radius 2 is 1.81 bits per heavy atom. The largest absolute Gasteiger partial charge is 0.336 e. The summed E-state index contributed by atoms with van der Waals surface area (Å²) in [6.45, 7) is 6.41. The maximum atomic E-state index is 12.2. The second-order valence-corrected chi connectivity index (χ2v) is 5.12.